The van der Waals surface area contributed by atoms with Crippen LogP contribution in [-0.4, -0.2) is 10.6 Å². The topological polar surface area (TPSA) is 17.1 Å². The van der Waals surface area contributed by atoms with Crippen molar-refractivity contribution in [3.63, 3.8) is 0 Å². The van der Waals surface area contributed by atoms with Gasteiger partial charge in [0.1, 0.15) is 0 Å². The van der Waals surface area contributed by atoms with Crippen LogP contribution in [0.3, 0.4) is 0 Å². The average molecular weight is 382 g/mol. The van der Waals surface area contributed by atoms with Crippen molar-refractivity contribution in [2.45, 2.75) is 16.1 Å². The molecule has 0 amide bonds. The van der Waals surface area contributed by atoms with Gasteiger partial charge in [-0.05, 0) is 11.1 Å². The van der Waals surface area contributed by atoms with E-state index in [0.29, 0.717) is 6.42 Å². The van der Waals surface area contributed by atoms with Crippen LogP contribution in [-0.2, 0) is 11.2 Å². The van der Waals surface area contributed by atoms with Crippen LogP contribution in [0.15, 0.2) is 60.7 Å². The van der Waals surface area contributed by atoms with Crippen LogP contribution in [0.4, 0.5) is 0 Å². The molecule has 3 heteroatoms. The Morgan fingerprint density at radius 3 is 2.00 bits per heavy atom. The quantitative estimate of drug-likeness (QED) is 0.686. The number of ketones is 1. The second-order valence-electron chi connectivity index (χ2n) is 4.34. The number of hydrogen-bond donors (Lipinski definition) is 0. The highest BCUT2D eigenvalue weighted by molar-refractivity contribution is 9.12. The molecule has 0 aliphatic rings. The Morgan fingerprint density at radius 1 is 0.895 bits per heavy atom. The van der Waals surface area contributed by atoms with E-state index in [1.165, 1.54) is 0 Å². The maximum atomic E-state index is 12.3. The third kappa shape index (κ3) is 4.02. The molecule has 98 valence electrons. The average Bonchev–Trinajstić information content (AvgIpc) is 2.47. The molecule has 0 fully saturated rings. The fourth-order valence-corrected chi connectivity index (χ4v) is 2.93. The Kier molecular flexibility index (Phi) is 5.34. The molecule has 0 aliphatic heterocycles. The molecule has 0 heterocycles. The summed E-state index contributed by atoms with van der Waals surface area (Å²) < 4.78 is 0. The molecule has 2 atom stereocenters. The van der Waals surface area contributed by atoms with Crippen LogP contribution >= 0.6 is 31.9 Å². The highest BCUT2D eigenvalue weighted by Crippen LogP contribution is 2.32. The molecule has 0 saturated heterocycles. The molecule has 0 N–H and O–H groups in total. The molecular weight excluding hydrogens is 368 g/mol. The van der Waals surface area contributed by atoms with Gasteiger partial charge in [0.2, 0.25) is 0 Å². The Labute approximate surface area is 130 Å². The summed E-state index contributed by atoms with van der Waals surface area (Å²) in [5, 5.41) is 0. The lowest BCUT2D eigenvalue weighted by Crippen LogP contribution is -2.21. The van der Waals surface area contributed by atoms with E-state index in [4.69, 9.17) is 0 Å². The lowest BCUT2D eigenvalue weighted by Gasteiger charge is -2.16. The normalized spacial score (nSPS) is 13.8. The standard InChI is InChI=1S/C16H14Br2O/c17-15(13-9-5-2-6-10-13)16(18)14(19)11-12-7-3-1-4-8-12/h1-10,15-16H,11H2. The van der Waals surface area contributed by atoms with E-state index >= 15 is 0 Å². The number of Topliss-reactive ketones (excluding diaryl/α,β-unsaturated/α-hetero) is 1. The second kappa shape index (κ2) is 7.01. The van der Waals surface area contributed by atoms with Crippen LogP contribution in [0.5, 0.6) is 0 Å². The lowest BCUT2D eigenvalue weighted by molar-refractivity contribution is -0.117. The second-order valence-corrected chi connectivity index (χ2v) is 6.32. The number of hydrogen-bond acceptors (Lipinski definition) is 1. The largest absolute Gasteiger partial charge is 0.298 e. The number of rotatable bonds is 5. The highest BCUT2D eigenvalue weighted by Gasteiger charge is 2.24. The Bertz CT molecular complexity index is 525. The Morgan fingerprint density at radius 2 is 1.42 bits per heavy atom. The predicted octanol–water partition coefficient (Wildman–Crippen LogP) is 4.70. The minimum atomic E-state index is -0.227. The van der Waals surface area contributed by atoms with Crippen molar-refractivity contribution in [1.29, 1.82) is 0 Å². The van der Waals surface area contributed by atoms with Crippen LogP contribution < -0.4 is 0 Å². The van der Waals surface area contributed by atoms with Gasteiger partial charge in [-0.15, -0.1) is 0 Å². The zero-order valence-corrected chi connectivity index (χ0v) is 13.5. The van der Waals surface area contributed by atoms with Crippen LogP contribution in [0, 0.1) is 0 Å². The SMILES string of the molecule is O=C(Cc1ccccc1)C(Br)C(Br)c1ccccc1. The first-order chi connectivity index (χ1) is 9.18. The zero-order valence-electron chi connectivity index (χ0n) is 10.3. The maximum Gasteiger partial charge on any atom is 0.152 e. The molecule has 2 unspecified atom stereocenters. The van der Waals surface area contributed by atoms with Crippen LogP contribution in [0.1, 0.15) is 16.0 Å². The smallest absolute Gasteiger partial charge is 0.152 e. The van der Waals surface area contributed by atoms with Gasteiger partial charge in [-0.25, -0.2) is 0 Å². The molecule has 0 aliphatic carbocycles. The number of carbonyl (C=O) groups excluding carboxylic acids is 1. The number of halogens is 2. The lowest BCUT2D eigenvalue weighted by atomic mass is 10.0. The summed E-state index contributed by atoms with van der Waals surface area (Å²) in [5.74, 6) is 0.178. The van der Waals surface area contributed by atoms with Gasteiger partial charge in [0.05, 0.1) is 9.65 Å². The monoisotopic (exact) mass is 380 g/mol. The fraction of sp³-hybridized carbons (Fsp3) is 0.188. The summed E-state index contributed by atoms with van der Waals surface area (Å²) in [5.41, 5.74) is 2.15. The zero-order chi connectivity index (χ0) is 13.7. The Hall–Kier alpha value is -0.930. The van der Waals surface area contributed by atoms with Gasteiger partial charge in [0, 0.05) is 6.42 Å². The summed E-state index contributed by atoms with van der Waals surface area (Å²) >= 11 is 7.10. The van der Waals surface area contributed by atoms with E-state index in [9.17, 15) is 4.79 Å². The summed E-state index contributed by atoms with van der Waals surface area (Å²) in [4.78, 5) is 12.0. The van der Waals surface area contributed by atoms with Crippen molar-refractivity contribution in [2.75, 3.05) is 0 Å². The molecular formula is C16H14Br2O. The van der Waals surface area contributed by atoms with Gasteiger partial charge in [-0.1, -0.05) is 92.5 Å². The first kappa shape index (κ1) is 14.5. The summed E-state index contributed by atoms with van der Waals surface area (Å²) in [6.07, 6.45) is 0.450. The molecule has 0 spiro atoms. The van der Waals surface area contributed by atoms with Gasteiger partial charge in [-0.2, -0.15) is 0 Å². The van der Waals surface area contributed by atoms with E-state index in [1.807, 2.05) is 60.7 Å². The van der Waals surface area contributed by atoms with Crippen LogP contribution in [0.25, 0.3) is 0 Å². The molecule has 0 bridgehead atoms. The van der Waals surface area contributed by atoms with Crippen molar-refractivity contribution in [2.24, 2.45) is 0 Å². The number of carbonyl (C=O) groups is 1. The Balaban J connectivity index is 2.03. The van der Waals surface area contributed by atoms with Crippen molar-refractivity contribution in [3.8, 4) is 0 Å². The van der Waals surface area contributed by atoms with E-state index in [-0.39, 0.29) is 15.4 Å². The third-order valence-electron chi connectivity index (χ3n) is 2.90. The van der Waals surface area contributed by atoms with E-state index in [0.717, 1.165) is 11.1 Å². The van der Waals surface area contributed by atoms with E-state index in [1.54, 1.807) is 0 Å². The molecule has 2 aromatic carbocycles. The third-order valence-corrected chi connectivity index (χ3v) is 5.71. The fourth-order valence-electron chi connectivity index (χ4n) is 1.86. The molecule has 0 radical (unpaired) electrons. The molecule has 2 aromatic rings. The summed E-state index contributed by atoms with van der Waals surface area (Å²) in [6.45, 7) is 0. The number of benzene rings is 2. The summed E-state index contributed by atoms with van der Waals surface area (Å²) in [7, 11) is 0. The first-order valence-corrected chi connectivity index (χ1v) is 7.91. The minimum Gasteiger partial charge on any atom is -0.298 e. The molecule has 1 nitrogen and oxygen atoms in total. The van der Waals surface area contributed by atoms with Crippen molar-refractivity contribution in [1.82, 2.24) is 0 Å². The molecule has 0 aromatic heterocycles. The molecule has 19 heavy (non-hydrogen) atoms. The van der Waals surface area contributed by atoms with Gasteiger partial charge in [0.25, 0.3) is 0 Å². The van der Waals surface area contributed by atoms with Crippen LogP contribution in [0.2, 0.25) is 0 Å². The minimum absolute atomic E-state index is 0.00934. The first-order valence-electron chi connectivity index (χ1n) is 6.08. The maximum absolute atomic E-state index is 12.3. The van der Waals surface area contributed by atoms with Crippen molar-refractivity contribution in [3.05, 3.63) is 71.8 Å². The van der Waals surface area contributed by atoms with Gasteiger partial charge >= 0.3 is 0 Å². The molecule has 2 rings (SSSR count). The molecule has 0 saturated carbocycles. The highest BCUT2D eigenvalue weighted by atomic mass is 79.9. The van der Waals surface area contributed by atoms with Gasteiger partial charge < -0.3 is 0 Å². The van der Waals surface area contributed by atoms with Gasteiger partial charge in [0.15, 0.2) is 5.78 Å². The van der Waals surface area contributed by atoms with E-state index in [2.05, 4.69) is 31.9 Å². The van der Waals surface area contributed by atoms with E-state index < -0.39 is 0 Å². The van der Waals surface area contributed by atoms with Crippen molar-refractivity contribution >= 4 is 37.6 Å². The number of alkyl halides is 2. The predicted molar refractivity (Wildman–Crippen MR) is 86.0 cm³/mol. The van der Waals surface area contributed by atoms with Crippen molar-refractivity contribution < 1.29 is 4.79 Å². The summed E-state index contributed by atoms with van der Waals surface area (Å²) in [6, 6.07) is 19.8. The van der Waals surface area contributed by atoms with Gasteiger partial charge in [-0.3, -0.25) is 4.79 Å².